The summed E-state index contributed by atoms with van der Waals surface area (Å²) in [7, 11) is 0. The molecule has 0 aliphatic carbocycles. The van der Waals surface area contributed by atoms with E-state index in [4.69, 9.17) is 56.6 Å². The monoisotopic (exact) mass is 1870 g/mol. The van der Waals surface area contributed by atoms with Crippen molar-refractivity contribution >= 4 is 41.0 Å². The molecule has 12 bridgehead atoms. The minimum Gasteiger partial charge on any atom is -0.474 e. The van der Waals surface area contributed by atoms with E-state index in [0.29, 0.717) is 79.5 Å². The lowest BCUT2D eigenvalue weighted by molar-refractivity contribution is -0.277. The minimum absolute atomic E-state index is 0.0168. The summed E-state index contributed by atoms with van der Waals surface area (Å²) in [6.45, 7) is 36.2. The molecule has 9 N–H and O–H groups in total. The first-order valence-electron chi connectivity index (χ1n) is 41.5. The van der Waals surface area contributed by atoms with Crippen molar-refractivity contribution in [3.05, 3.63) is 108 Å². The molecule has 0 aromatic carbocycles. The van der Waals surface area contributed by atoms with Crippen LogP contribution in [0.15, 0.2) is 79.4 Å². The molecule has 0 unspecified atom stereocenters. The number of halogens is 12. The first-order chi connectivity index (χ1) is 60.6. The number of allylic oxidation sites excluding steroid dienone is 2. The number of amides is 3. The van der Waals surface area contributed by atoms with Crippen LogP contribution in [0.3, 0.4) is 0 Å². The van der Waals surface area contributed by atoms with Gasteiger partial charge in [-0.15, -0.1) is 53.9 Å². The molecule has 8 atom stereocenters. The smallest absolute Gasteiger partial charge is 0.426 e. The second kappa shape index (κ2) is 41.7. The zero-order chi connectivity index (χ0) is 97.8. The van der Waals surface area contributed by atoms with Gasteiger partial charge in [0, 0.05) is 35.1 Å². The van der Waals surface area contributed by atoms with Crippen molar-refractivity contribution in [2.24, 2.45) is 0 Å². The molecule has 720 valence electrons. The maximum atomic E-state index is 13.8. The molecular weight excluding hydrogens is 1760 g/mol. The lowest BCUT2D eigenvalue weighted by Crippen LogP contribution is -2.42. The molecule has 0 radical (unpaired) electrons. The van der Waals surface area contributed by atoms with Gasteiger partial charge in [-0.05, 0) is 219 Å². The van der Waals surface area contributed by atoms with Crippen molar-refractivity contribution in [2.75, 3.05) is 21.7 Å². The number of nitrogens with zero attached hydrogens (tertiary/aromatic N) is 12. The molecule has 0 saturated carbocycles. The molecule has 3 aliphatic heterocycles. The van der Waals surface area contributed by atoms with Crippen molar-refractivity contribution in [3.63, 3.8) is 0 Å². The first-order valence-corrected chi connectivity index (χ1v) is 41.5. The summed E-state index contributed by atoms with van der Waals surface area (Å²) in [5.74, 6) is -4.82. The predicted molar refractivity (Wildman–Crippen MR) is 447 cm³/mol. The zero-order valence-corrected chi connectivity index (χ0v) is 75.1. The second-order valence-corrected chi connectivity index (χ2v) is 34.5. The van der Waals surface area contributed by atoms with Gasteiger partial charge in [-0.2, -0.15) is 52.7 Å². The fourth-order valence-electron chi connectivity index (χ4n) is 12.7. The maximum absolute atomic E-state index is 13.8. The molecule has 0 fully saturated rings. The Morgan fingerprint density at radius 3 is 1.26 bits per heavy atom. The Bertz CT molecular complexity index is 5310. The van der Waals surface area contributed by atoms with Gasteiger partial charge < -0.3 is 77.0 Å². The number of fused-ring (bicyclic) bond motifs is 15. The van der Waals surface area contributed by atoms with Gasteiger partial charge in [0.25, 0.3) is 47.1 Å². The highest BCUT2D eigenvalue weighted by Crippen LogP contribution is 2.49. The highest BCUT2D eigenvalue weighted by molar-refractivity contribution is 5.91. The van der Waals surface area contributed by atoms with Gasteiger partial charge in [0.2, 0.25) is 45.9 Å². The Morgan fingerprint density at radius 1 is 0.496 bits per heavy atom. The van der Waals surface area contributed by atoms with Crippen LogP contribution < -0.4 is 40.6 Å². The number of anilines is 4. The van der Waals surface area contributed by atoms with E-state index >= 15 is 0 Å². The van der Waals surface area contributed by atoms with Gasteiger partial charge in [-0.3, -0.25) is 16.0 Å². The van der Waals surface area contributed by atoms with E-state index < -0.39 is 149 Å². The summed E-state index contributed by atoms with van der Waals surface area (Å²) < 4.78 is 225. The van der Waals surface area contributed by atoms with Crippen LogP contribution in [-0.2, 0) is 36.6 Å². The quantitative estimate of drug-likeness (QED) is 0.0320. The third kappa shape index (κ3) is 27.2. The number of hydrogen-bond donors (Lipinski definition) is 8. The van der Waals surface area contributed by atoms with Crippen LogP contribution in [-0.4, -0.2) is 165 Å². The number of ether oxygens (including phenoxy) is 7. The van der Waals surface area contributed by atoms with Gasteiger partial charge in [0.1, 0.15) is 29.0 Å². The van der Waals surface area contributed by atoms with Crippen LogP contribution >= 0.6 is 0 Å². The molecule has 131 heavy (non-hydrogen) atoms. The van der Waals surface area contributed by atoms with Crippen molar-refractivity contribution < 1.29 is 138 Å². The van der Waals surface area contributed by atoms with E-state index in [9.17, 15) is 87.5 Å². The molecule has 0 spiro atoms. The van der Waals surface area contributed by atoms with Crippen molar-refractivity contribution in [1.82, 2.24) is 60.7 Å². The third-order valence-corrected chi connectivity index (χ3v) is 19.5. The fraction of sp³-hybridized carbons (Fsp3) is 0.565. The first kappa shape index (κ1) is 105. The van der Waals surface area contributed by atoms with Gasteiger partial charge in [0.15, 0.2) is 22.8 Å². The van der Waals surface area contributed by atoms with Crippen molar-refractivity contribution in [3.8, 4) is 69.9 Å². The van der Waals surface area contributed by atoms with Crippen LogP contribution in [0.2, 0.25) is 0 Å². The Labute approximate surface area is 745 Å². The Hall–Kier alpha value is -11.8. The van der Waals surface area contributed by atoms with Gasteiger partial charge in [-0.25, -0.2) is 34.3 Å². The molecule has 34 nitrogen and oxygen atoms in total. The van der Waals surface area contributed by atoms with Crippen LogP contribution in [0.25, 0.3) is 46.3 Å². The number of aryl methyl sites for hydroxylation is 4. The number of nitrogens with one attached hydrogen (secondary N) is 3. The summed E-state index contributed by atoms with van der Waals surface area (Å²) in [5.41, 5.74) is -7.53. The predicted octanol–water partition coefficient (Wildman–Crippen LogP) is 19.7. The number of alkyl halides is 12. The number of nitrogen functional groups attached to an aromatic ring is 1. The number of rotatable bonds is 12. The normalized spacial score (nSPS) is 20.2. The maximum Gasteiger partial charge on any atom is 0.426 e. The molecule has 11 rings (SSSR count). The van der Waals surface area contributed by atoms with Crippen molar-refractivity contribution in [2.45, 2.75) is 309 Å². The summed E-state index contributed by atoms with van der Waals surface area (Å²) in [6.07, 6.45) is -16.1. The SMILES string of the molecule is C=CCC[C@@](O)(c1nnc(-c2nc(O[C@H](C)CC=C)c(C)cc2NC(=O)OC(C)(C)C)o1)C(F)(F)F.Cc1cc(N)c2nc1O[C@H](C)CCCCC[C@](O)(C(F)(F)F)c1nnc-2o1.Cc1cc(NC(=O)OC(C)(C)C)c2nc1O[C@H](C)CC=CCC[C@](O)(C(F)(F)F)c1nnc-2o1.Cc1cc(NC(=O)OC(C)(C)C)c2nc1O[C@H](C)CCCCC[C@](O)(C(F)(F)F)c1nnc-2o1. The number of carbonyl (C=O) groups is 3. The lowest BCUT2D eigenvalue weighted by atomic mass is 9.94. The molecule has 11 heterocycles. The number of aliphatic hydroxyl groups is 4. The molecule has 8 aromatic heterocycles. The summed E-state index contributed by atoms with van der Waals surface area (Å²) >= 11 is 0. The Morgan fingerprint density at radius 2 is 0.863 bits per heavy atom. The summed E-state index contributed by atoms with van der Waals surface area (Å²) in [4.78, 5) is 54.5. The second-order valence-electron chi connectivity index (χ2n) is 34.5. The minimum atomic E-state index is -5.10. The molecule has 3 aliphatic rings. The van der Waals surface area contributed by atoms with Crippen LogP contribution in [0, 0.1) is 27.7 Å². The van der Waals surface area contributed by atoms with Crippen molar-refractivity contribution in [1.29, 1.82) is 0 Å². The molecule has 8 aromatic rings. The van der Waals surface area contributed by atoms with Crippen LogP contribution in [0.5, 0.6) is 23.5 Å². The highest BCUT2D eigenvalue weighted by atomic mass is 19.4. The van der Waals surface area contributed by atoms with Gasteiger partial charge in [0.05, 0.1) is 35.0 Å². The molecule has 46 heteroatoms. The average Bonchev–Trinajstić information content (AvgIpc) is 1.67. The number of aromatic nitrogens is 12. The van der Waals surface area contributed by atoms with E-state index in [1.807, 2.05) is 13.8 Å². The standard InChI is InChI=1S/C24H31F3N4O5.C22H29F3N4O5.C22H27F3N4O5.C17H21F3N4O3/c1-8-10-12-23(33,24(25,26)27)20-31-30-19(35-20)17-16(28-21(32)36-22(5,6)7)13-14(3)18(29-17)34-15(4)11-9-2;2*1-12-11-14(26-19(30)34-20(3,4)5)15-17-28-29-18(33-17)21(31,22(23,24)25)10-8-6-7-9-13(2)32-16(12)27-15;1-9-8-11(21)12-14-23-24-15(27-14)16(25,17(18,19)20)7-5-3-4-6-10(2)26-13(9)22-12/h8-9,13,15,33H,1-2,10-12H2,3-7H3,(H,28,32);11,13,31H,6-10H2,1-5H3,(H,26,30);6-7,11,13,31H,8-10H2,1-5H3,(H,26,30);8,10,25H,3-7,21H2,1-2H3/t15-,23-;2*13-,21-;10-,16-/m1111/s1. The Balaban J connectivity index is 0.000000216. The molecule has 0 saturated heterocycles. The van der Waals surface area contributed by atoms with E-state index in [1.165, 1.54) is 30.4 Å². The highest BCUT2D eigenvalue weighted by Gasteiger charge is 2.62. The van der Waals surface area contributed by atoms with Crippen LogP contribution in [0.1, 0.15) is 239 Å². The van der Waals surface area contributed by atoms with Gasteiger partial charge >= 0.3 is 43.0 Å². The van der Waals surface area contributed by atoms with E-state index in [2.05, 4.69) is 89.8 Å². The number of carbonyl (C=O) groups excluding carboxylic acids is 3. The van der Waals surface area contributed by atoms with E-state index in [0.717, 1.165) is 0 Å². The van der Waals surface area contributed by atoms with E-state index in [1.54, 1.807) is 122 Å². The van der Waals surface area contributed by atoms with Gasteiger partial charge in [-0.1, -0.05) is 37.1 Å². The topological polar surface area (TPSA) is 466 Å². The Kier molecular flexibility index (Phi) is 33.3. The number of pyridine rings is 4. The number of nitrogens with two attached hydrogens (primary N) is 1. The van der Waals surface area contributed by atoms with E-state index in [-0.39, 0.29) is 119 Å². The van der Waals surface area contributed by atoms with Crippen LogP contribution in [0.4, 0.5) is 89.8 Å². The molecular formula is C85H108F12N16O18. The lowest BCUT2D eigenvalue weighted by Gasteiger charge is -2.27. The fourth-order valence-corrected chi connectivity index (χ4v) is 12.7. The third-order valence-electron chi connectivity index (χ3n) is 19.5. The summed E-state index contributed by atoms with van der Waals surface area (Å²) in [6, 6.07) is 6.10. The number of hydrogen-bond acceptors (Lipinski definition) is 31. The molecule has 3 amide bonds. The summed E-state index contributed by atoms with van der Waals surface area (Å²) in [5, 5.41) is 77.8. The zero-order valence-electron chi connectivity index (χ0n) is 75.1. The largest absolute Gasteiger partial charge is 0.474 e. The average molecular weight is 1870 g/mol.